The lowest BCUT2D eigenvalue weighted by Crippen LogP contribution is -2.35. The first-order valence-corrected chi connectivity index (χ1v) is 13.5. The molecule has 0 radical (unpaired) electrons. The number of carbonyl (C=O) groups is 2. The molecule has 186 valence electrons. The van der Waals surface area contributed by atoms with Gasteiger partial charge in [-0.2, -0.15) is 5.26 Å². The van der Waals surface area contributed by atoms with Gasteiger partial charge in [-0.3, -0.25) is 4.79 Å². The number of nitrogens with one attached hydrogen (secondary N) is 1. The van der Waals surface area contributed by atoms with Gasteiger partial charge in [0.1, 0.15) is 11.4 Å². The number of benzene rings is 2. The molecule has 2 aromatic rings. The number of rotatable bonds is 11. The van der Waals surface area contributed by atoms with Gasteiger partial charge in [0.2, 0.25) is 5.91 Å². The number of hydrogen-bond donors (Lipinski definition) is 1. The molecule has 0 saturated heterocycles. The largest absolute Gasteiger partial charge is 0.461 e. The normalized spacial score (nSPS) is 11.7. The van der Waals surface area contributed by atoms with E-state index in [1.807, 2.05) is 6.92 Å². The minimum atomic E-state index is -3.90. The number of sulfone groups is 1. The van der Waals surface area contributed by atoms with E-state index >= 15 is 0 Å². The molecule has 0 saturated carbocycles. The number of ether oxygens (including phenoxy) is 1. The van der Waals surface area contributed by atoms with Crippen LogP contribution in [0.1, 0.15) is 38.7 Å². The molecule has 0 bridgehead atoms. The van der Waals surface area contributed by atoms with E-state index in [1.165, 1.54) is 17.0 Å². The Morgan fingerprint density at radius 1 is 1.14 bits per heavy atom. The van der Waals surface area contributed by atoms with Crippen LogP contribution in [0.3, 0.4) is 0 Å². The molecular weight excluding hydrogens is 534 g/mol. The van der Waals surface area contributed by atoms with Crippen molar-refractivity contribution in [2.45, 2.75) is 38.0 Å². The maximum Gasteiger partial charge on any atom is 0.356 e. The van der Waals surface area contributed by atoms with Crippen LogP contribution in [0.15, 0.2) is 69.3 Å². The molecule has 0 heterocycles. The molecule has 0 atom stereocenters. The van der Waals surface area contributed by atoms with Gasteiger partial charge < -0.3 is 15.0 Å². The summed E-state index contributed by atoms with van der Waals surface area (Å²) in [6.45, 7) is 3.74. The second-order valence-corrected chi connectivity index (χ2v) is 10.5. The standard InChI is InChI=1S/C25H28BrN3O5S/c1-4-6-10-22(28-23(30)17-35(32,33)21-13-11-19(26)12-14-21)24(25(31)34-5-2)29(3)20-9-7-8-18(15-20)16-27/h7-9,11-15H,4-6,10,17H2,1-3H3,(H,28,30)/b24-22+. The predicted octanol–water partition coefficient (Wildman–Crippen LogP) is 4.31. The topological polar surface area (TPSA) is 117 Å². The van der Waals surface area contributed by atoms with E-state index in [0.717, 1.165) is 6.42 Å². The van der Waals surface area contributed by atoms with Crippen molar-refractivity contribution in [2.24, 2.45) is 0 Å². The zero-order valence-electron chi connectivity index (χ0n) is 19.9. The number of esters is 1. The number of likely N-dealkylation sites (N-methyl/N-ethyl adjacent to an activating group) is 1. The molecular formula is C25H28BrN3O5S. The zero-order valence-corrected chi connectivity index (χ0v) is 22.3. The second kappa shape index (κ2) is 13.1. The molecule has 8 nitrogen and oxygen atoms in total. The van der Waals surface area contributed by atoms with Crippen molar-refractivity contribution in [3.8, 4) is 6.07 Å². The summed E-state index contributed by atoms with van der Waals surface area (Å²) >= 11 is 3.26. The van der Waals surface area contributed by atoms with Gasteiger partial charge >= 0.3 is 5.97 Å². The van der Waals surface area contributed by atoms with Crippen molar-refractivity contribution in [1.29, 1.82) is 5.26 Å². The van der Waals surface area contributed by atoms with Crippen LogP contribution < -0.4 is 10.2 Å². The lowest BCUT2D eigenvalue weighted by Gasteiger charge is -2.25. The van der Waals surface area contributed by atoms with Crippen LogP contribution in [0, 0.1) is 11.3 Å². The number of unbranched alkanes of at least 4 members (excludes halogenated alkanes) is 1. The summed E-state index contributed by atoms with van der Waals surface area (Å²) in [6.07, 6.45) is 1.74. The molecule has 1 amide bonds. The Balaban J connectivity index is 2.46. The van der Waals surface area contributed by atoms with Crippen molar-refractivity contribution in [3.05, 3.63) is 70.0 Å². The molecule has 1 N–H and O–H groups in total. The van der Waals surface area contributed by atoms with Crippen molar-refractivity contribution >= 4 is 43.3 Å². The summed E-state index contributed by atoms with van der Waals surface area (Å²) in [5.41, 5.74) is 1.27. The summed E-state index contributed by atoms with van der Waals surface area (Å²) in [4.78, 5) is 27.4. The van der Waals surface area contributed by atoms with E-state index in [9.17, 15) is 23.3 Å². The molecule has 0 aliphatic heterocycles. The van der Waals surface area contributed by atoms with Crippen molar-refractivity contribution < 1.29 is 22.7 Å². The lowest BCUT2D eigenvalue weighted by molar-refractivity contribution is -0.138. The Kier molecular flexibility index (Phi) is 10.5. The number of halogens is 1. The van der Waals surface area contributed by atoms with Crippen molar-refractivity contribution in [1.82, 2.24) is 5.32 Å². The fraction of sp³-hybridized carbons (Fsp3) is 0.320. The molecule has 0 fully saturated rings. The minimum Gasteiger partial charge on any atom is -0.461 e. The maximum absolute atomic E-state index is 13.0. The third-order valence-corrected chi connectivity index (χ3v) is 7.18. The Morgan fingerprint density at radius 3 is 2.43 bits per heavy atom. The fourth-order valence-electron chi connectivity index (χ4n) is 3.27. The van der Waals surface area contributed by atoms with Crippen molar-refractivity contribution in [3.63, 3.8) is 0 Å². The molecule has 0 aromatic heterocycles. The maximum atomic E-state index is 13.0. The van der Waals surface area contributed by atoms with E-state index < -0.39 is 27.5 Å². The van der Waals surface area contributed by atoms with Gasteiger partial charge in [-0.25, -0.2) is 13.2 Å². The van der Waals surface area contributed by atoms with Gasteiger partial charge in [0, 0.05) is 22.9 Å². The van der Waals surface area contributed by atoms with Gasteiger partial charge in [-0.05, 0) is 62.2 Å². The van der Waals surface area contributed by atoms with E-state index in [0.29, 0.717) is 28.6 Å². The Labute approximate surface area is 214 Å². The summed E-state index contributed by atoms with van der Waals surface area (Å²) in [7, 11) is -2.28. The highest BCUT2D eigenvalue weighted by molar-refractivity contribution is 9.10. The zero-order chi connectivity index (χ0) is 26.0. The number of nitriles is 1. The van der Waals surface area contributed by atoms with Crippen LogP contribution in [0.2, 0.25) is 0 Å². The van der Waals surface area contributed by atoms with E-state index in [4.69, 9.17) is 4.74 Å². The molecule has 2 aromatic carbocycles. The van der Waals surface area contributed by atoms with Crippen LogP contribution in [-0.2, 0) is 24.2 Å². The van der Waals surface area contributed by atoms with Crippen LogP contribution >= 0.6 is 15.9 Å². The minimum absolute atomic E-state index is 0.0194. The van der Waals surface area contributed by atoms with Crippen LogP contribution in [-0.4, -0.2) is 39.7 Å². The quantitative estimate of drug-likeness (QED) is 0.321. The van der Waals surface area contributed by atoms with Gasteiger partial charge in [0.25, 0.3) is 0 Å². The first kappa shape index (κ1) is 28.1. The fourth-order valence-corrected chi connectivity index (χ4v) is 4.67. The summed E-state index contributed by atoms with van der Waals surface area (Å²) in [5.74, 6) is -2.21. The van der Waals surface area contributed by atoms with Gasteiger partial charge in [0.15, 0.2) is 9.84 Å². The van der Waals surface area contributed by atoms with E-state index in [1.54, 1.807) is 50.4 Å². The Morgan fingerprint density at radius 2 is 1.83 bits per heavy atom. The number of anilines is 1. The molecule has 0 aliphatic carbocycles. The average molecular weight is 562 g/mol. The summed E-state index contributed by atoms with van der Waals surface area (Å²) in [6, 6.07) is 14.7. The summed E-state index contributed by atoms with van der Waals surface area (Å²) < 4.78 is 31.5. The number of amides is 1. The molecule has 35 heavy (non-hydrogen) atoms. The smallest absolute Gasteiger partial charge is 0.356 e. The first-order chi connectivity index (χ1) is 16.6. The molecule has 0 spiro atoms. The highest BCUT2D eigenvalue weighted by Gasteiger charge is 2.26. The Hall–Kier alpha value is -3.16. The van der Waals surface area contributed by atoms with E-state index in [2.05, 4.69) is 27.3 Å². The van der Waals surface area contributed by atoms with Gasteiger partial charge in [0.05, 0.1) is 23.1 Å². The van der Waals surface area contributed by atoms with E-state index in [-0.39, 0.29) is 22.9 Å². The predicted molar refractivity (Wildman–Crippen MR) is 137 cm³/mol. The molecule has 0 unspecified atom stereocenters. The first-order valence-electron chi connectivity index (χ1n) is 11.0. The van der Waals surface area contributed by atoms with Crippen LogP contribution in [0.4, 0.5) is 5.69 Å². The van der Waals surface area contributed by atoms with Gasteiger partial charge in [-0.15, -0.1) is 0 Å². The number of carbonyl (C=O) groups excluding carboxylic acids is 2. The number of nitrogens with zero attached hydrogens (tertiary/aromatic N) is 2. The average Bonchev–Trinajstić information content (AvgIpc) is 2.82. The highest BCUT2D eigenvalue weighted by Crippen LogP contribution is 2.24. The van der Waals surface area contributed by atoms with Crippen LogP contribution in [0.5, 0.6) is 0 Å². The van der Waals surface area contributed by atoms with Gasteiger partial charge in [-0.1, -0.05) is 35.3 Å². The lowest BCUT2D eigenvalue weighted by atomic mass is 10.1. The van der Waals surface area contributed by atoms with Crippen LogP contribution in [0.25, 0.3) is 0 Å². The highest BCUT2D eigenvalue weighted by atomic mass is 79.9. The Bertz CT molecular complexity index is 1230. The van der Waals surface area contributed by atoms with Crippen molar-refractivity contribution in [2.75, 3.05) is 24.3 Å². The molecule has 10 heteroatoms. The third-order valence-electron chi connectivity index (χ3n) is 5.02. The SMILES string of the molecule is CCCC/C(NC(=O)CS(=O)(=O)c1ccc(Br)cc1)=C(/C(=O)OCC)N(C)c1cccc(C#N)c1. The third kappa shape index (κ3) is 7.94. The summed E-state index contributed by atoms with van der Waals surface area (Å²) in [5, 5.41) is 11.9. The second-order valence-electron chi connectivity index (χ2n) is 7.63. The monoisotopic (exact) mass is 561 g/mol. The number of hydrogen-bond acceptors (Lipinski definition) is 7. The molecule has 0 aliphatic rings. The number of allylic oxidation sites excluding steroid dienone is 1. The molecule has 2 rings (SSSR count).